The van der Waals surface area contributed by atoms with E-state index in [0.29, 0.717) is 6.54 Å². The second-order valence-electron chi connectivity index (χ2n) is 10.7. The maximum absolute atomic E-state index is 14.0. The van der Waals surface area contributed by atoms with Gasteiger partial charge in [0.15, 0.2) is 0 Å². The number of hydrogen-bond donors (Lipinski definition) is 2. The number of anilines is 2. The molecule has 1 heterocycles. The van der Waals surface area contributed by atoms with Crippen molar-refractivity contribution in [3.05, 3.63) is 71.8 Å². The molecule has 2 N–H and O–H groups in total. The zero-order valence-electron chi connectivity index (χ0n) is 22.9. The van der Waals surface area contributed by atoms with Gasteiger partial charge in [0.25, 0.3) is 5.91 Å². The summed E-state index contributed by atoms with van der Waals surface area (Å²) in [6.07, 6.45) is -0.606. The van der Waals surface area contributed by atoms with Gasteiger partial charge in [-0.1, -0.05) is 48.5 Å². The number of nitrogens with zero attached hydrogens (tertiary/aromatic N) is 2. The first-order chi connectivity index (χ1) is 18.0. The molecule has 3 amide bonds. The van der Waals surface area contributed by atoms with Crippen molar-refractivity contribution in [2.24, 2.45) is 0 Å². The number of carbonyl (C=O) groups excluding carboxylic acids is 3. The lowest BCUT2D eigenvalue weighted by molar-refractivity contribution is -0.130. The molecule has 0 aromatic heterocycles. The van der Waals surface area contributed by atoms with Crippen LogP contribution in [0.15, 0.2) is 60.7 Å². The summed E-state index contributed by atoms with van der Waals surface area (Å²) in [7, 11) is 1.51. The van der Waals surface area contributed by atoms with E-state index in [1.54, 1.807) is 32.6 Å². The fourth-order valence-electron chi connectivity index (χ4n) is 4.51. The predicted octanol–water partition coefficient (Wildman–Crippen LogP) is 4.85. The molecule has 0 saturated carbocycles. The van der Waals surface area contributed by atoms with E-state index in [-0.39, 0.29) is 12.5 Å². The molecule has 1 aliphatic heterocycles. The average Bonchev–Trinajstić information content (AvgIpc) is 3.00. The van der Waals surface area contributed by atoms with E-state index in [1.807, 2.05) is 43.3 Å². The van der Waals surface area contributed by atoms with Crippen LogP contribution in [0.3, 0.4) is 0 Å². The van der Waals surface area contributed by atoms with Gasteiger partial charge in [-0.25, -0.2) is 4.79 Å². The van der Waals surface area contributed by atoms with Crippen molar-refractivity contribution in [1.82, 2.24) is 10.2 Å². The Bertz CT molecular complexity index is 1360. The summed E-state index contributed by atoms with van der Waals surface area (Å²) in [5.74, 6) is -0.666. The Morgan fingerprint density at radius 3 is 2.53 bits per heavy atom. The molecule has 1 aliphatic rings. The molecule has 3 aromatic carbocycles. The summed E-state index contributed by atoms with van der Waals surface area (Å²) in [6.45, 7) is 9.53. The van der Waals surface area contributed by atoms with Gasteiger partial charge in [0.1, 0.15) is 17.7 Å². The Kier molecular flexibility index (Phi) is 7.62. The summed E-state index contributed by atoms with van der Waals surface area (Å²) >= 11 is 0. The number of benzene rings is 3. The number of para-hydroxylation sites is 2. The van der Waals surface area contributed by atoms with E-state index in [0.717, 1.165) is 33.3 Å². The lowest BCUT2D eigenvalue weighted by Crippen LogP contribution is -2.55. The van der Waals surface area contributed by atoms with Gasteiger partial charge < -0.3 is 20.3 Å². The van der Waals surface area contributed by atoms with Crippen LogP contribution < -0.4 is 15.5 Å². The molecule has 2 atom stereocenters. The fourth-order valence-corrected chi connectivity index (χ4v) is 4.51. The number of hydrogen-bond acceptors (Lipinski definition) is 5. The van der Waals surface area contributed by atoms with Crippen LogP contribution >= 0.6 is 0 Å². The van der Waals surface area contributed by atoms with E-state index in [4.69, 9.17) is 4.74 Å². The van der Waals surface area contributed by atoms with Gasteiger partial charge in [0.05, 0.1) is 17.9 Å². The number of amides is 3. The molecule has 0 spiro atoms. The quantitative estimate of drug-likeness (QED) is 0.506. The number of aryl methyl sites for hydroxylation is 1. The van der Waals surface area contributed by atoms with E-state index in [2.05, 4.69) is 34.9 Å². The lowest BCUT2D eigenvalue weighted by Gasteiger charge is -2.30. The van der Waals surface area contributed by atoms with E-state index in [9.17, 15) is 14.4 Å². The molecule has 8 nitrogen and oxygen atoms in total. The van der Waals surface area contributed by atoms with Gasteiger partial charge in [-0.15, -0.1) is 0 Å². The molecule has 0 aliphatic carbocycles. The lowest BCUT2D eigenvalue weighted by atomic mass is 9.99. The minimum Gasteiger partial charge on any atom is -0.444 e. The first-order valence-electron chi connectivity index (χ1n) is 12.8. The van der Waals surface area contributed by atoms with Crippen LogP contribution in [-0.2, 0) is 20.9 Å². The summed E-state index contributed by atoms with van der Waals surface area (Å²) in [5, 5.41) is 8.37. The summed E-state index contributed by atoms with van der Waals surface area (Å²) in [4.78, 5) is 42.6. The van der Waals surface area contributed by atoms with Gasteiger partial charge >= 0.3 is 6.09 Å². The Hall–Kier alpha value is -4.07. The van der Waals surface area contributed by atoms with Crippen molar-refractivity contribution in [3.8, 4) is 0 Å². The SMILES string of the molecule is Cc1ccc2ccccc2c1CN1C(=O)C(NC(=O)[C@H](C)N(C)C(=O)OC(C)(C)C)CNc2ccccc21. The van der Waals surface area contributed by atoms with Gasteiger partial charge in [0, 0.05) is 13.6 Å². The monoisotopic (exact) mass is 516 g/mol. The first kappa shape index (κ1) is 27.0. The number of ether oxygens (including phenoxy) is 1. The molecule has 0 saturated heterocycles. The minimum atomic E-state index is -0.836. The minimum absolute atomic E-state index is 0.218. The third kappa shape index (κ3) is 5.74. The summed E-state index contributed by atoms with van der Waals surface area (Å²) in [6, 6.07) is 18.2. The van der Waals surface area contributed by atoms with Gasteiger partial charge in [-0.3, -0.25) is 14.5 Å². The van der Waals surface area contributed by atoms with E-state index >= 15 is 0 Å². The fraction of sp³-hybridized carbons (Fsp3) is 0.367. The van der Waals surface area contributed by atoms with Crippen molar-refractivity contribution >= 4 is 40.1 Å². The third-order valence-corrected chi connectivity index (χ3v) is 6.81. The van der Waals surface area contributed by atoms with E-state index < -0.39 is 29.7 Å². The number of rotatable bonds is 5. The standard InChI is InChI=1S/C30H36N4O4/c1-19-15-16-21-11-7-8-12-22(21)23(19)18-34-26-14-10-9-13-24(26)31-17-25(28(34)36)32-27(35)20(2)33(6)29(37)38-30(3,4)5/h7-16,20,25,31H,17-18H2,1-6H3,(H,32,35)/t20-,25?/m0/s1. The molecule has 4 rings (SSSR count). The normalized spacial score (nSPS) is 16.2. The first-order valence-corrected chi connectivity index (χ1v) is 12.8. The highest BCUT2D eigenvalue weighted by Gasteiger charge is 2.34. The zero-order valence-corrected chi connectivity index (χ0v) is 22.9. The zero-order chi connectivity index (χ0) is 27.6. The second kappa shape index (κ2) is 10.7. The third-order valence-electron chi connectivity index (χ3n) is 6.81. The van der Waals surface area contributed by atoms with E-state index in [1.165, 1.54) is 11.9 Å². The maximum atomic E-state index is 14.0. The highest BCUT2D eigenvalue weighted by atomic mass is 16.6. The molecule has 38 heavy (non-hydrogen) atoms. The molecule has 3 aromatic rings. The van der Waals surface area contributed by atoms with Crippen molar-refractivity contribution in [2.45, 2.75) is 58.8 Å². The molecular formula is C30H36N4O4. The Morgan fingerprint density at radius 1 is 1.11 bits per heavy atom. The van der Waals surface area contributed by atoms with Gasteiger partial charge in [-0.2, -0.15) is 0 Å². The van der Waals surface area contributed by atoms with Crippen LogP contribution in [0.1, 0.15) is 38.8 Å². The molecule has 0 fully saturated rings. The maximum Gasteiger partial charge on any atom is 0.410 e. The molecule has 200 valence electrons. The van der Waals surface area contributed by atoms with Crippen LogP contribution in [0.4, 0.5) is 16.2 Å². The van der Waals surface area contributed by atoms with Crippen LogP contribution in [-0.4, -0.2) is 54.1 Å². The number of carbonyl (C=O) groups is 3. The number of fused-ring (bicyclic) bond motifs is 2. The van der Waals surface area contributed by atoms with Crippen molar-refractivity contribution in [2.75, 3.05) is 23.8 Å². The molecule has 0 bridgehead atoms. The van der Waals surface area contributed by atoms with Crippen LogP contribution in [0.2, 0.25) is 0 Å². The number of likely N-dealkylation sites (N-methyl/N-ethyl adjacent to an activating group) is 1. The molecule has 0 radical (unpaired) electrons. The van der Waals surface area contributed by atoms with Gasteiger partial charge in [-0.05, 0) is 68.7 Å². The predicted molar refractivity (Wildman–Crippen MR) is 150 cm³/mol. The van der Waals surface area contributed by atoms with Crippen LogP contribution in [0, 0.1) is 6.92 Å². The Morgan fingerprint density at radius 2 is 1.79 bits per heavy atom. The Balaban J connectivity index is 1.61. The summed E-state index contributed by atoms with van der Waals surface area (Å²) < 4.78 is 5.39. The van der Waals surface area contributed by atoms with Crippen LogP contribution in [0.5, 0.6) is 0 Å². The average molecular weight is 517 g/mol. The topological polar surface area (TPSA) is 91.0 Å². The van der Waals surface area contributed by atoms with Crippen LogP contribution in [0.25, 0.3) is 10.8 Å². The molecule has 8 heteroatoms. The largest absolute Gasteiger partial charge is 0.444 e. The molecular weight excluding hydrogens is 480 g/mol. The Labute approximate surface area is 223 Å². The highest BCUT2D eigenvalue weighted by Crippen LogP contribution is 2.32. The van der Waals surface area contributed by atoms with Gasteiger partial charge in [0.2, 0.25) is 5.91 Å². The summed E-state index contributed by atoms with van der Waals surface area (Å²) in [5.41, 5.74) is 3.01. The highest BCUT2D eigenvalue weighted by molar-refractivity contribution is 6.04. The molecule has 1 unspecified atom stereocenters. The van der Waals surface area contributed by atoms with Crippen molar-refractivity contribution < 1.29 is 19.1 Å². The number of nitrogens with one attached hydrogen (secondary N) is 2. The van der Waals surface area contributed by atoms with Crippen molar-refractivity contribution in [3.63, 3.8) is 0 Å². The smallest absolute Gasteiger partial charge is 0.410 e. The van der Waals surface area contributed by atoms with Crippen molar-refractivity contribution in [1.29, 1.82) is 0 Å². The second-order valence-corrected chi connectivity index (χ2v) is 10.7.